The summed E-state index contributed by atoms with van der Waals surface area (Å²) in [6, 6.07) is 9.32. The highest BCUT2D eigenvalue weighted by Crippen LogP contribution is 2.44. The summed E-state index contributed by atoms with van der Waals surface area (Å²) < 4.78 is 70.4. The summed E-state index contributed by atoms with van der Waals surface area (Å²) >= 11 is 0. The Balaban J connectivity index is 1.73. The van der Waals surface area contributed by atoms with Gasteiger partial charge in [0.1, 0.15) is 5.75 Å². The lowest BCUT2D eigenvalue weighted by Gasteiger charge is -2.18. The summed E-state index contributed by atoms with van der Waals surface area (Å²) in [5.41, 5.74) is 0.503. The first kappa shape index (κ1) is 25.3. The smallest absolute Gasteiger partial charge is 0.416 e. The van der Waals surface area contributed by atoms with Crippen LogP contribution in [0.15, 0.2) is 52.3 Å². The molecule has 0 bridgehead atoms. The number of unbranched alkanes of at least 4 members (excludes halogenated alkanes) is 1. The molecule has 1 heterocycles. The zero-order valence-electron chi connectivity index (χ0n) is 18.7. The Labute approximate surface area is 192 Å². The minimum absolute atomic E-state index is 0.104. The number of sulfone groups is 1. The van der Waals surface area contributed by atoms with Gasteiger partial charge in [-0.25, -0.2) is 8.42 Å². The van der Waals surface area contributed by atoms with Crippen molar-refractivity contribution in [1.29, 1.82) is 0 Å². The van der Waals surface area contributed by atoms with E-state index >= 15 is 0 Å². The molecule has 9 heteroatoms. The molecular weight excluding hydrogens is 455 g/mol. The number of rotatable bonds is 10. The maximum atomic E-state index is 13.0. The van der Waals surface area contributed by atoms with Gasteiger partial charge in [-0.05, 0) is 68.8 Å². The minimum Gasteiger partial charge on any atom is -0.494 e. The number of hydrogen-bond donors (Lipinski definition) is 1. The number of aliphatic hydroxyl groups is 1. The molecule has 1 aliphatic heterocycles. The number of hydrogen-bond acceptors (Lipinski definition) is 5. The van der Waals surface area contributed by atoms with Gasteiger partial charge in [0, 0.05) is 17.7 Å². The normalized spacial score (nSPS) is 15.2. The monoisotopic (exact) mass is 483 g/mol. The number of halogens is 3. The predicted molar refractivity (Wildman–Crippen MR) is 121 cm³/mol. The number of ether oxygens (including phenoxy) is 1. The number of benzene rings is 2. The van der Waals surface area contributed by atoms with E-state index in [1.54, 1.807) is 12.1 Å². The first-order chi connectivity index (χ1) is 15.6. The quantitative estimate of drug-likeness (QED) is 0.495. The Kier molecular flexibility index (Phi) is 7.87. The second kappa shape index (κ2) is 10.3. The molecular formula is C24H28F3NO4S. The van der Waals surface area contributed by atoms with E-state index in [1.165, 1.54) is 25.1 Å². The van der Waals surface area contributed by atoms with E-state index in [0.717, 1.165) is 38.1 Å². The van der Waals surface area contributed by atoms with Gasteiger partial charge in [0.25, 0.3) is 0 Å². The van der Waals surface area contributed by atoms with Crippen LogP contribution in [0.1, 0.15) is 43.4 Å². The Morgan fingerprint density at radius 1 is 1.03 bits per heavy atom. The second-order valence-corrected chi connectivity index (χ2v) is 9.94. The van der Waals surface area contributed by atoms with Crippen molar-refractivity contribution in [1.82, 2.24) is 4.90 Å². The molecule has 0 fully saturated rings. The van der Waals surface area contributed by atoms with Crippen molar-refractivity contribution < 1.29 is 31.4 Å². The number of alkyl halides is 3. The van der Waals surface area contributed by atoms with E-state index in [9.17, 15) is 21.6 Å². The largest absolute Gasteiger partial charge is 0.494 e. The highest BCUT2D eigenvalue weighted by atomic mass is 32.2. The van der Waals surface area contributed by atoms with Crippen molar-refractivity contribution in [3.8, 4) is 5.75 Å². The van der Waals surface area contributed by atoms with Crippen molar-refractivity contribution in [2.75, 3.05) is 32.8 Å². The van der Waals surface area contributed by atoms with E-state index in [2.05, 4.69) is 4.90 Å². The average molecular weight is 484 g/mol. The number of nitrogens with zero attached hydrogens (tertiary/aromatic N) is 1. The van der Waals surface area contributed by atoms with Gasteiger partial charge >= 0.3 is 6.18 Å². The molecule has 180 valence electrons. The molecule has 0 radical (unpaired) electrons. The van der Waals surface area contributed by atoms with Gasteiger partial charge in [-0.3, -0.25) is 0 Å². The molecule has 1 N–H and O–H groups in total. The average Bonchev–Trinajstić information content (AvgIpc) is 2.97. The number of likely N-dealkylation sites (N-methyl/N-ethyl adjacent to an activating group) is 1. The lowest BCUT2D eigenvalue weighted by Crippen LogP contribution is -2.27. The summed E-state index contributed by atoms with van der Waals surface area (Å²) in [4.78, 5) is 2.35. The van der Waals surface area contributed by atoms with Crippen molar-refractivity contribution in [3.63, 3.8) is 0 Å². The summed E-state index contributed by atoms with van der Waals surface area (Å²) in [5, 5.41) is 9.03. The third-order valence-corrected chi connectivity index (χ3v) is 7.70. The van der Waals surface area contributed by atoms with Gasteiger partial charge in [0.15, 0.2) is 0 Å². The number of fused-ring (bicyclic) bond motifs is 1. The minimum atomic E-state index is -4.46. The SMILES string of the molecule is CCN(CCO)CCCCOc1ccc2c(c1)S(=O)(=O)C(C)=C2c1ccc(C(F)(F)F)cc1. The Bertz CT molecular complexity index is 1110. The van der Waals surface area contributed by atoms with Crippen LogP contribution in [0.2, 0.25) is 0 Å². The van der Waals surface area contributed by atoms with Crippen molar-refractivity contribution >= 4 is 15.4 Å². The third kappa shape index (κ3) is 5.59. The molecule has 0 unspecified atom stereocenters. The first-order valence-electron chi connectivity index (χ1n) is 10.8. The highest BCUT2D eigenvalue weighted by molar-refractivity contribution is 7.95. The van der Waals surface area contributed by atoms with Crippen LogP contribution >= 0.6 is 0 Å². The molecule has 3 rings (SSSR count). The van der Waals surface area contributed by atoms with Crippen molar-refractivity contribution in [2.45, 2.75) is 37.8 Å². The van der Waals surface area contributed by atoms with Gasteiger partial charge in [-0.15, -0.1) is 0 Å². The van der Waals surface area contributed by atoms with E-state index in [-0.39, 0.29) is 16.4 Å². The fraction of sp³-hybridized carbons (Fsp3) is 0.417. The zero-order chi connectivity index (χ0) is 24.2. The fourth-order valence-electron chi connectivity index (χ4n) is 3.89. The molecule has 2 aromatic rings. The molecule has 0 saturated heterocycles. The molecule has 0 aliphatic carbocycles. The van der Waals surface area contributed by atoms with E-state index in [1.807, 2.05) is 6.92 Å². The third-order valence-electron chi connectivity index (χ3n) is 5.77. The van der Waals surface area contributed by atoms with Crippen molar-refractivity contribution in [3.05, 3.63) is 64.1 Å². The predicted octanol–water partition coefficient (Wildman–Crippen LogP) is 4.75. The molecule has 0 atom stereocenters. The van der Waals surface area contributed by atoms with Gasteiger partial charge in [0.2, 0.25) is 9.84 Å². The van der Waals surface area contributed by atoms with Crippen LogP contribution in [-0.2, 0) is 16.0 Å². The van der Waals surface area contributed by atoms with E-state index < -0.39 is 21.6 Å². The van der Waals surface area contributed by atoms with Crippen molar-refractivity contribution in [2.24, 2.45) is 0 Å². The zero-order valence-corrected chi connectivity index (χ0v) is 19.5. The molecule has 2 aromatic carbocycles. The lowest BCUT2D eigenvalue weighted by atomic mass is 9.97. The molecule has 1 aliphatic rings. The Hall–Kier alpha value is -2.36. The lowest BCUT2D eigenvalue weighted by molar-refractivity contribution is -0.137. The van der Waals surface area contributed by atoms with Gasteiger partial charge < -0.3 is 14.7 Å². The van der Waals surface area contributed by atoms with Crippen LogP contribution in [0, 0.1) is 0 Å². The van der Waals surface area contributed by atoms with E-state index in [0.29, 0.717) is 35.6 Å². The fourth-order valence-corrected chi connectivity index (χ4v) is 5.45. The summed E-state index contributed by atoms with van der Waals surface area (Å²) in [5.74, 6) is 0.432. The Morgan fingerprint density at radius 2 is 1.73 bits per heavy atom. The van der Waals surface area contributed by atoms with Crippen LogP contribution in [0.25, 0.3) is 5.57 Å². The van der Waals surface area contributed by atoms with Crippen LogP contribution in [0.4, 0.5) is 13.2 Å². The summed E-state index contributed by atoms with van der Waals surface area (Å²) in [6.07, 6.45) is -2.79. The molecule has 5 nitrogen and oxygen atoms in total. The van der Waals surface area contributed by atoms with Gasteiger partial charge in [-0.1, -0.05) is 19.1 Å². The van der Waals surface area contributed by atoms with Crippen LogP contribution < -0.4 is 4.74 Å². The topological polar surface area (TPSA) is 66.8 Å². The number of aliphatic hydroxyl groups excluding tert-OH is 1. The maximum Gasteiger partial charge on any atom is 0.416 e. The summed E-state index contributed by atoms with van der Waals surface area (Å²) in [7, 11) is -3.75. The Morgan fingerprint density at radius 3 is 2.33 bits per heavy atom. The summed E-state index contributed by atoms with van der Waals surface area (Å²) in [6.45, 7) is 6.38. The molecule has 0 saturated carbocycles. The molecule has 0 amide bonds. The standard InChI is InChI=1S/C24H28F3NO4S/c1-3-28(13-14-29)12-4-5-15-32-20-10-11-21-22(16-20)33(30,31)17(2)23(21)18-6-8-19(9-7-18)24(25,26)27/h6-11,16,29H,3-5,12-15H2,1-2H3. The second-order valence-electron chi connectivity index (χ2n) is 7.88. The van der Waals surface area contributed by atoms with Crippen LogP contribution in [0.5, 0.6) is 5.75 Å². The molecule has 0 spiro atoms. The van der Waals surface area contributed by atoms with Gasteiger partial charge in [0.05, 0.1) is 28.6 Å². The van der Waals surface area contributed by atoms with Crippen LogP contribution in [0.3, 0.4) is 0 Å². The first-order valence-corrected chi connectivity index (χ1v) is 12.3. The highest BCUT2D eigenvalue weighted by Gasteiger charge is 2.35. The maximum absolute atomic E-state index is 13.0. The van der Waals surface area contributed by atoms with Crippen LogP contribution in [-0.4, -0.2) is 51.3 Å². The molecule has 0 aromatic heterocycles. The van der Waals surface area contributed by atoms with Gasteiger partial charge in [-0.2, -0.15) is 13.2 Å². The molecule has 33 heavy (non-hydrogen) atoms. The number of allylic oxidation sites excluding steroid dienone is 1. The van der Waals surface area contributed by atoms with E-state index in [4.69, 9.17) is 9.84 Å².